The highest BCUT2D eigenvalue weighted by Gasteiger charge is 2.05. The Labute approximate surface area is 78.2 Å². The van der Waals surface area contributed by atoms with Gasteiger partial charge >= 0.3 is 6.09 Å². The van der Waals surface area contributed by atoms with Gasteiger partial charge in [-0.05, 0) is 24.9 Å². The Kier molecular flexibility index (Phi) is 7.05. The third-order valence-electron chi connectivity index (χ3n) is 1.45. The molecule has 0 heterocycles. The fraction of sp³-hybridized carbons (Fsp3) is 0.875. The summed E-state index contributed by atoms with van der Waals surface area (Å²) in [5, 5.41) is 2.71. The van der Waals surface area contributed by atoms with Crippen molar-refractivity contribution >= 4 is 17.9 Å². The first-order valence-electron chi connectivity index (χ1n) is 4.13. The van der Waals surface area contributed by atoms with Gasteiger partial charge in [0.1, 0.15) is 0 Å². The standard InChI is InChI=1S/C8H17NO2S/c1-4-12-6-5-7(2)9-8(10)11-3/h7H,4-6H2,1-3H3,(H,9,10). The molecular weight excluding hydrogens is 174 g/mol. The van der Waals surface area contributed by atoms with Crippen LogP contribution in [0.2, 0.25) is 0 Å². The number of rotatable bonds is 5. The number of hydrogen-bond donors (Lipinski definition) is 1. The molecule has 0 aliphatic rings. The van der Waals surface area contributed by atoms with Gasteiger partial charge in [-0.2, -0.15) is 11.8 Å². The van der Waals surface area contributed by atoms with Crippen molar-refractivity contribution in [3.8, 4) is 0 Å². The second kappa shape index (κ2) is 7.28. The molecule has 0 saturated heterocycles. The van der Waals surface area contributed by atoms with Crippen LogP contribution in [0.3, 0.4) is 0 Å². The SMILES string of the molecule is CCSCCC(C)NC(=O)OC. The molecule has 1 N–H and O–H groups in total. The molecule has 0 bridgehead atoms. The van der Waals surface area contributed by atoms with Crippen molar-refractivity contribution in [3.05, 3.63) is 0 Å². The number of hydrogen-bond acceptors (Lipinski definition) is 3. The summed E-state index contributed by atoms with van der Waals surface area (Å²) in [6.45, 7) is 4.11. The summed E-state index contributed by atoms with van der Waals surface area (Å²) >= 11 is 1.88. The maximum absolute atomic E-state index is 10.7. The predicted molar refractivity (Wildman–Crippen MR) is 52.6 cm³/mol. The number of alkyl carbamates (subject to hydrolysis) is 1. The average Bonchev–Trinajstić information content (AvgIpc) is 2.05. The summed E-state index contributed by atoms with van der Waals surface area (Å²) in [4.78, 5) is 10.7. The molecular formula is C8H17NO2S. The molecule has 1 unspecified atom stereocenters. The zero-order valence-electron chi connectivity index (χ0n) is 7.92. The van der Waals surface area contributed by atoms with E-state index in [1.807, 2.05) is 18.7 Å². The third-order valence-corrected chi connectivity index (χ3v) is 2.38. The topological polar surface area (TPSA) is 38.3 Å². The minimum absolute atomic E-state index is 0.205. The van der Waals surface area contributed by atoms with E-state index in [0.717, 1.165) is 17.9 Å². The predicted octanol–water partition coefficient (Wildman–Crippen LogP) is 1.87. The Balaban J connectivity index is 3.32. The van der Waals surface area contributed by atoms with Crippen LogP contribution in [0.15, 0.2) is 0 Å². The minimum Gasteiger partial charge on any atom is -0.453 e. The molecule has 1 amide bonds. The summed E-state index contributed by atoms with van der Waals surface area (Å²) in [6, 6.07) is 0.205. The first-order chi connectivity index (χ1) is 5.70. The van der Waals surface area contributed by atoms with Gasteiger partial charge in [0, 0.05) is 6.04 Å². The Morgan fingerprint density at radius 1 is 1.67 bits per heavy atom. The lowest BCUT2D eigenvalue weighted by Gasteiger charge is -2.11. The van der Waals surface area contributed by atoms with Crippen molar-refractivity contribution in [1.29, 1.82) is 0 Å². The molecule has 0 spiro atoms. The molecule has 0 aromatic rings. The molecule has 0 radical (unpaired) electrons. The lowest BCUT2D eigenvalue weighted by molar-refractivity contribution is 0.167. The van der Waals surface area contributed by atoms with Crippen LogP contribution in [0.5, 0.6) is 0 Å². The number of carbonyl (C=O) groups excluding carboxylic acids is 1. The number of thioether (sulfide) groups is 1. The largest absolute Gasteiger partial charge is 0.453 e. The lowest BCUT2D eigenvalue weighted by atomic mass is 10.3. The van der Waals surface area contributed by atoms with E-state index in [2.05, 4.69) is 17.0 Å². The molecule has 0 aromatic carbocycles. The van der Waals surface area contributed by atoms with Crippen LogP contribution in [0, 0.1) is 0 Å². The van der Waals surface area contributed by atoms with Crippen molar-refractivity contribution in [3.63, 3.8) is 0 Å². The van der Waals surface area contributed by atoms with Gasteiger partial charge < -0.3 is 10.1 Å². The summed E-state index contributed by atoms with van der Waals surface area (Å²) in [5.74, 6) is 2.21. The molecule has 12 heavy (non-hydrogen) atoms. The van der Waals surface area contributed by atoms with Crippen LogP contribution < -0.4 is 5.32 Å². The zero-order chi connectivity index (χ0) is 9.40. The number of methoxy groups -OCH3 is 1. The molecule has 0 aliphatic heterocycles. The summed E-state index contributed by atoms with van der Waals surface area (Å²) < 4.78 is 4.47. The molecule has 3 nitrogen and oxygen atoms in total. The van der Waals surface area contributed by atoms with Gasteiger partial charge in [-0.25, -0.2) is 4.79 Å². The van der Waals surface area contributed by atoms with Crippen molar-refractivity contribution < 1.29 is 9.53 Å². The highest BCUT2D eigenvalue weighted by atomic mass is 32.2. The fourth-order valence-corrected chi connectivity index (χ4v) is 1.55. The van der Waals surface area contributed by atoms with Crippen LogP contribution in [0.1, 0.15) is 20.3 Å². The molecule has 0 fully saturated rings. The van der Waals surface area contributed by atoms with Gasteiger partial charge in [-0.3, -0.25) is 0 Å². The lowest BCUT2D eigenvalue weighted by Crippen LogP contribution is -2.32. The maximum Gasteiger partial charge on any atom is 0.407 e. The van der Waals surface area contributed by atoms with Crippen LogP contribution in [0.4, 0.5) is 4.79 Å². The Morgan fingerprint density at radius 3 is 2.83 bits per heavy atom. The van der Waals surface area contributed by atoms with E-state index in [4.69, 9.17) is 0 Å². The molecule has 72 valence electrons. The highest BCUT2D eigenvalue weighted by molar-refractivity contribution is 7.99. The summed E-state index contributed by atoms with van der Waals surface area (Å²) in [5.41, 5.74) is 0. The van der Waals surface area contributed by atoms with Crippen LogP contribution in [-0.2, 0) is 4.74 Å². The highest BCUT2D eigenvalue weighted by Crippen LogP contribution is 2.03. The van der Waals surface area contributed by atoms with Crippen LogP contribution in [-0.4, -0.2) is 30.8 Å². The van der Waals surface area contributed by atoms with E-state index < -0.39 is 0 Å². The monoisotopic (exact) mass is 191 g/mol. The normalized spacial score (nSPS) is 12.2. The van der Waals surface area contributed by atoms with Gasteiger partial charge in [-0.1, -0.05) is 6.92 Å². The van der Waals surface area contributed by atoms with Gasteiger partial charge in [0.05, 0.1) is 7.11 Å². The number of nitrogens with one attached hydrogen (secondary N) is 1. The summed E-state index contributed by atoms with van der Waals surface area (Å²) in [7, 11) is 1.38. The first-order valence-corrected chi connectivity index (χ1v) is 5.28. The van der Waals surface area contributed by atoms with Gasteiger partial charge in [-0.15, -0.1) is 0 Å². The average molecular weight is 191 g/mol. The van der Waals surface area contributed by atoms with E-state index in [1.54, 1.807) is 0 Å². The van der Waals surface area contributed by atoms with Crippen molar-refractivity contribution in [2.24, 2.45) is 0 Å². The quantitative estimate of drug-likeness (QED) is 0.674. The first kappa shape index (κ1) is 11.6. The molecule has 4 heteroatoms. The summed E-state index contributed by atoms with van der Waals surface area (Å²) in [6.07, 6.45) is 0.650. The van der Waals surface area contributed by atoms with E-state index >= 15 is 0 Å². The second-order valence-electron chi connectivity index (χ2n) is 2.52. The second-order valence-corrected chi connectivity index (χ2v) is 3.92. The molecule has 0 aromatic heterocycles. The molecule has 0 rings (SSSR count). The van der Waals surface area contributed by atoms with Crippen LogP contribution >= 0.6 is 11.8 Å². The molecule has 0 aliphatic carbocycles. The smallest absolute Gasteiger partial charge is 0.407 e. The third kappa shape index (κ3) is 6.34. The number of carbonyl (C=O) groups is 1. The fourth-order valence-electron chi connectivity index (χ4n) is 0.737. The van der Waals surface area contributed by atoms with Crippen molar-refractivity contribution in [2.45, 2.75) is 26.3 Å². The molecule has 1 atom stereocenters. The Morgan fingerprint density at radius 2 is 2.33 bits per heavy atom. The van der Waals surface area contributed by atoms with Crippen molar-refractivity contribution in [2.75, 3.05) is 18.6 Å². The van der Waals surface area contributed by atoms with Gasteiger partial charge in [0.2, 0.25) is 0 Å². The maximum atomic E-state index is 10.7. The Hall–Kier alpha value is -0.380. The van der Waals surface area contributed by atoms with E-state index in [1.165, 1.54) is 7.11 Å². The Bertz CT molecular complexity index is 130. The minimum atomic E-state index is -0.344. The van der Waals surface area contributed by atoms with Crippen molar-refractivity contribution in [1.82, 2.24) is 5.32 Å². The van der Waals surface area contributed by atoms with E-state index in [9.17, 15) is 4.79 Å². The zero-order valence-corrected chi connectivity index (χ0v) is 8.74. The van der Waals surface area contributed by atoms with Gasteiger partial charge in [0.15, 0.2) is 0 Å². The van der Waals surface area contributed by atoms with Crippen LogP contribution in [0.25, 0.3) is 0 Å². The number of amides is 1. The molecule has 0 saturated carbocycles. The van der Waals surface area contributed by atoms with E-state index in [-0.39, 0.29) is 12.1 Å². The van der Waals surface area contributed by atoms with Gasteiger partial charge in [0.25, 0.3) is 0 Å². The van der Waals surface area contributed by atoms with E-state index in [0.29, 0.717) is 0 Å². The number of ether oxygens (including phenoxy) is 1.